The molecule has 3 heteroatoms. The summed E-state index contributed by atoms with van der Waals surface area (Å²) >= 11 is 3.88. The van der Waals surface area contributed by atoms with Gasteiger partial charge in [-0.2, -0.15) is 0 Å². The van der Waals surface area contributed by atoms with Gasteiger partial charge in [-0.3, -0.25) is 4.79 Å². The minimum absolute atomic E-state index is 0.1000. The number of carbonyl (C=O) groups excluding carboxylic acids is 1. The van der Waals surface area contributed by atoms with Crippen molar-refractivity contribution in [2.24, 2.45) is 0 Å². The minimum Gasteiger partial charge on any atom is -0.496 e. The van der Waals surface area contributed by atoms with Crippen LogP contribution in [0, 0.1) is 13.8 Å². The second-order valence-corrected chi connectivity index (χ2v) is 5.61. The largest absolute Gasteiger partial charge is 0.496 e. The lowest BCUT2D eigenvalue weighted by atomic mass is 9.78. The van der Waals surface area contributed by atoms with Crippen LogP contribution in [0.3, 0.4) is 0 Å². The maximum absolute atomic E-state index is 11.2. The molecule has 0 aliphatic heterocycles. The van der Waals surface area contributed by atoms with Crippen LogP contribution in [0.4, 0.5) is 0 Å². The number of ether oxygens (including phenoxy) is 1. The summed E-state index contributed by atoms with van der Waals surface area (Å²) in [7, 11) is 1.66. The third kappa shape index (κ3) is 3.25. The number of methoxy groups -OCH3 is 1. The highest BCUT2D eigenvalue weighted by Gasteiger charge is 2.28. The molecule has 0 atom stereocenters. The van der Waals surface area contributed by atoms with E-state index < -0.39 is 0 Å². The monoisotopic (exact) mass is 252 g/mol. The predicted octanol–water partition coefficient (Wildman–Crippen LogP) is 3.44. The van der Waals surface area contributed by atoms with Crippen LogP contribution in [0.15, 0.2) is 12.1 Å². The van der Waals surface area contributed by atoms with Crippen LogP contribution >= 0.6 is 12.6 Å². The Hall–Kier alpha value is -0.960. The van der Waals surface area contributed by atoms with Gasteiger partial charge < -0.3 is 4.74 Å². The molecule has 0 radical (unpaired) electrons. The molecule has 0 aliphatic carbocycles. The molecule has 0 bridgehead atoms. The van der Waals surface area contributed by atoms with E-state index in [9.17, 15) is 4.79 Å². The smallest absolute Gasteiger partial charge is 0.186 e. The van der Waals surface area contributed by atoms with Crippen LogP contribution in [0.5, 0.6) is 5.75 Å². The maximum Gasteiger partial charge on any atom is 0.186 e. The van der Waals surface area contributed by atoms with Gasteiger partial charge in [0.1, 0.15) is 5.75 Å². The van der Waals surface area contributed by atoms with E-state index in [-0.39, 0.29) is 10.5 Å². The molecule has 0 saturated carbocycles. The van der Waals surface area contributed by atoms with Gasteiger partial charge >= 0.3 is 0 Å². The zero-order valence-electron chi connectivity index (χ0n) is 11.1. The Labute approximate surface area is 109 Å². The molecule has 94 valence electrons. The molecule has 1 aromatic rings. The average molecular weight is 252 g/mol. The fourth-order valence-corrected chi connectivity index (χ4v) is 2.82. The fourth-order valence-electron chi connectivity index (χ4n) is 2.42. The van der Waals surface area contributed by atoms with Gasteiger partial charge in [0.25, 0.3) is 0 Å². The van der Waals surface area contributed by atoms with Gasteiger partial charge in [0.15, 0.2) is 5.12 Å². The molecule has 0 fully saturated rings. The Bertz CT molecular complexity index is 436. The third-order valence-electron chi connectivity index (χ3n) is 2.93. The van der Waals surface area contributed by atoms with Crippen molar-refractivity contribution in [3.63, 3.8) is 0 Å². The van der Waals surface area contributed by atoms with Crippen molar-refractivity contribution in [1.29, 1.82) is 0 Å². The van der Waals surface area contributed by atoms with E-state index in [1.807, 2.05) is 26.8 Å². The molecule has 17 heavy (non-hydrogen) atoms. The molecule has 0 spiro atoms. The van der Waals surface area contributed by atoms with Crippen molar-refractivity contribution < 1.29 is 9.53 Å². The Morgan fingerprint density at radius 1 is 1.35 bits per heavy atom. The van der Waals surface area contributed by atoms with E-state index in [1.54, 1.807) is 7.11 Å². The normalized spacial score (nSPS) is 11.4. The lowest BCUT2D eigenvalue weighted by Crippen LogP contribution is -2.22. The summed E-state index contributed by atoms with van der Waals surface area (Å²) in [6.07, 6.45) is 0.399. The Morgan fingerprint density at radius 2 is 1.94 bits per heavy atom. The molecule has 2 nitrogen and oxygen atoms in total. The van der Waals surface area contributed by atoms with Crippen molar-refractivity contribution in [2.75, 3.05) is 7.11 Å². The summed E-state index contributed by atoms with van der Waals surface area (Å²) in [5.41, 5.74) is 3.15. The first-order chi connectivity index (χ1) is 7.77. The molecule has 0 aliphatic rings. The zero-order chi connectivity index (χ0) is 13.2. The summed E-state index contributed by atoms with van der Waals surface area (Å²) < 4.78 is 5.44. The van der Waals surface area contributed by atoms with E-state index in [0.717, 1.165) is 22.4 Å². The lowest BCUT2D eigenvalue weighted by Gasteiger charge is -2.28. The third-order valence-corrected chi connectivity index (χ3v) is 3.09. The van der Waals surface area contributed by atoms with E-state index in [4.69, 9.17) is 4.74 Å². The van der Waals surface area contributed by atoms with Gasteiger partial charge in [-0.05, 0) is 31.0 Å². The molecule has 0 amide bonds. The summed E-state index contributed by atoms with van der Waals surface area (Å²) in [5, 5.41) is -0.1000. The van der Waals surface area contributed by atoms with Crippen LogP contribution < -0.4 is 4.74 Å². The first-order valence-electron chi connectivity index (χ1n) is 5.65. The number of carbonyl (C=O) groups is 1. The van der Waals surface area contributed by atoms with E-state index >= 15 is 0 Å². The molecular weight excluding hydrogens is 232 g/mol. The SMILES string of the molecule is COc1cc(C)cc(C)c1C(C)(C)CC(=O)S. The molecule has 0 N–H and O–H groups in total. The summed E-state index contributed by atoms with van der Waals surface area (Å²) in [4.78, 5) is 11.2. The minimum atomic E-state index is -0.262. The predicted molar refractivity (Wildman–Crippen MR) is 74.1 cm³/mol. The number of rotatable bonds is 4. The second kappa shape index (κ2) is 5.13. The molecule has 0 aromatic heterocycles. The summed E-state index contributed by atoms with van der Waals surface area (Å²) in [6.45, 7) is 8.17. The van der Waals surface area contributed by atoms with E-state index in [1.165, 1.54) is 0 Å². The Balaban J connectivity index is 3.33. The van der Waals surface area contributed by atoms with Gasteiger partial charge in [-0.25, -0.2) is 0 Å². The highest BCUT2D eigenvalue weighted by atomic mass is 32.1. The molecule has 0 unspecified atom stereocenters. The maximum atomic E-state index is 11.2. The van der Waals surface area contributed by atoms with Gasteiger partial charge in [-0.15, -0.1) is 12.6 Å². The number of hydrogen-bond acceptors (Lipinski definition) is 2. The van der Waals surface area contributed by atoms with Crippen LogP contribution in [0.2, 0.25) is 0 Å². The molecule has 1 rings (SSSR count). The van der Waals surface area contributed by atoms with Crippen LogP contribution in [0.25, 0.3) is 0 Å². The van der Waals surface area contributed by atoms with Gasteiger partial charge in [0.2, 0.25) is 0 Å². The molecule has 0 heterocycles. The van der Waals surface area contributed by atoms with E-state index in [0.29, 0.717) is 6.42 Å². The van der Waals surface area contributed by atoms with Gasteiger partial charge in [-0.1, -0.05) is 19.9 Å². The van der Waals surface area contributed by atoms with Crippen molar-refractivity contribution in [1.82, 2.24) is 0 Å². The second-order valence-electron chi connectivity index (χ2n) is 5.11. The van der Waals surface area contributed by atoms with Crippen molar-refractivity contribution >= 4 is 17.7 Å². The van der Waals surface area contributed by atoms with Crippen LogP contribution in [-0.4, -0.2) is 12.2 Å². The molecule has 0 saturated heterocycles. The van der Waals surface area contributed by atoms with Crippen LogP contribution in [-0.2, 0) is 10.2 Å². The average Bonchev–Trinajstić information content (AvgIpc) is 2.13. The van der Waals surface area contributed by atoms with Gasteiger partial charge in [0, 0.05) is 17.4 Å². The van der Waals surface area contributed by atoms with Gasteiger partial charge in [0.05, 0.1) is 7.11 Å². The molecule has 1 aromatic carbocycles. The Morgan fingerprint density at radius 3 is 2.41 bits per heavy atom. The number of aryl methyl sites for hydroxylation is 2. The standard InChI is InChI=1S/C14H20O2S/c1-9-6-10(2)13(11(7-9)16-5)14(3,4)8-12(15)17/h6-7H,8H2,1-5H3,(H,15,17). The van der Waals surface area contributed by atoms with Crippen molar-refractivity contribution in [2.45, 2.75) is 39.5 Å². The number of thiol groups is 1. The molecular formula is C14H20O2S. The summed E-state index contributed by atoms with van der Waals surface area (Å²) in [6, 6.07) is 4.12. The van der Waals surface area contributed by atoms with Crippen LogP contribution in [0.1, 0.15) is 37.0 Å². The summed E-state index contributed by atoms with van der Waals surface area (Å²) in [5.74, 6) is 0.849. The lowest BCUT2D eigenvalue weighted by molar-refractivity contribution is -0.111. The first-order valence-corrected chi connectivity index (χ1v) is 6.10. The highest BCUT2D eigenvalue weighted by molar-refractivity contribution is 7.96. The quantitative estimate of drug-likeness (QED) is 0.831. The highest BCUT2D eigenvalue weighted by Crippen LogP contribution is 2.37. The topological polar surface area (TPSA) is 26.3 Å². The van der Waals surface area contributed by atoms with Crippen molar-refractivity contribution in [3.8, 4) is 5.75 Å². The van der Waals surface area contributed by atoms with E-state index in [2.05, 4.69) is 25.6 Å². The zero-order valence-corrected chi connectivity index (χ0v) is 12.0. The fraction of sp³-hybridized carbons (Fsp3) is 0.500. The number of hydrogen-bond donors (Lipinski definition) is 1. The number of benzene rings is 1. The Kier molecular flexibility index (Phi) is 4.26. The van der Waals surface area contributed by atoms with Crippen molar-refractivity contribution in [3.05, 3.63) is 28.8 Å². The first kappa shape index (κ1) is 14.1.